The summed E-state index contributed by atoms with van der Waals surface area (Å²) in [5.41, 5.74) is 6.10. The average Bonchev–Trinajstić information content (AvgIpc) is 2.13. The molecule has 0 saturated carbocycles. The first-order valence-electron chi connectivity index (χ1n) is 3.56. The van der Waals surface area contributed by atoms with Gasteiger partial charge in [0.2, 0.25) is 10.0 Å². The Morgan fingerprint density at radius 3 is 2.07 bits per heavy atom. The molecule has 0 atom stereocenters. The molecule has 1 aromatic rings. The van der Waals surface area contributed by atoms with Gasteiger partial charge in [-0.05, 0) is 51.0 Å². The standard InChI is InChI=1S/C7H8Br2N2O2S/c1-11-14(12,13)4-2-5(8)7(10)6(9)3-4/h2-3,11H,10H2,1H3. The predicted molar refractivity (Wildman–Crippen MR) is 62.5 cm³/mol. The van der Waals surface area contributed by atoms with Crippen LogP contribution in [-0.4, -0.2) is 15.5 Å². The Morgan fingerprint density at radius 2 is 1.71 bits per heavy atom. The van der Waals surface area contributed by atoms with Gasteiger partial charge in [0.15, 0.2) is 0 Å². The summed E-state index contributed by atoms with van der Waals surface area (Å²) in [6.45, 7) is 0. The molecule has 0 aromatic heterocycles. The molecule has 0 heterocycles. The lowest BCUT2D eigenvalue weighted by atomic mass is 10.3. The summed E-state index contributed by atoms with van der Waals surface area (Å²) >= 11 is 6.34. The maximum absolute atomic E-state index is 11.4. The SMILES string of the molecule is CNS(=O)(=O)c1cc(Br)c(N)c(Br)c1. The molecule has 0 aliphatic heterocycles. The van der Waals surface area contributed by atoms with Crippen LogP contribution >= 0.6 is 31.9 Å². The van der Waals surface area contributed by atoms with Gasteiger partial charge in [-0.25, -0.2) is 13.1 Å². The van der Waals surface area contributed by atoms with Gasteiger partial charge >= 0.3 is 0 Å². The lowest BCUT2D eigenvalue weighted by Crippen LogP contribution is -2.18. The van der Waals surface area contributed by atoms with Crippen molar-refractivity contribution in [3.63, 3.8) is 0 Å². The van der Waals surface area contributed by atoms with Gasteiger partial charge in [0, 0.05) is 8.95 Å². The van der Waals surface area contributed by atoms with Crippen LogP contribution in [0.25, 0.3) is 0 Å². The van der Waals surface area contributed by atoms with Crippen LogP contribution in [0.2, 0.25) is 0 Å². The summed E-state index contributed by atoms with van der Waals surface area (Å²) in [7, 11) is -2.07. The van der Waals surface area contributed by atoms with Gasteiger partial charge in [-0.1, -0.05) is 0 Å². The minimum Gasteiger partial charge on any atom is -0.397 e. The van der Waals surface area contributed by atoms with Crippen molar-refractivity contribution in [3.05, 3.63) is 21.1 Å². The Bertz CT molecular complexity index is 436. The van der Waals surface area contributed by atoms with Gasteiger partial charge in [-0.15, -0.1) is 0 Å². The zero-order chi connectivity index (χ0) is 10.9. The number of anilines is 1. The minimum atomic E-state index is -3.43. The number of halogens is 2. The highest BCUT2D eigenvalue weighted by Crippen LogP contribution is 2.31. The zero-order valence-electron chi connectivity index (χ0n) is 7.21. The fourth-order valence-corrected chi connectivity index (χ4v) is 3.11. The Labute approximate surface area is 99.2 Å². The van der Waals surface area contributed by atoms with Crippen molar-refractivity contribution < 1.29 is 8.42 Å². The largest absolute Gasteiger partial charge is 0.397 e. The molecule has 14 heavy (non-hydrogen) atoms. The van der Waals surface area contributed by atoms with Crippen LogP contribution in [0.3, 0.4) is 0 Å². The van der Waals surface area contributed by atoms with Gasteiger partial charge < -0.3 is 5.73 Å². The summed E-state index contributed by atoms with van der Waals surface area (Å²) in [6.07, 6.45) is 0. The monoisotopic (exact) mass is 342 g/mol. The number of sulfonamides is 1. The first kappa shape index (κ1) is 12.0. The maximum Gasteiger partial charge on any atom is 0.240 e. The molecule has 7 heteroatoms. The number of benzene rings is 1. The number of hydrogen-bond acceptors (Lipinski definition) is 3. The topological polar surface area (TPSA) is 72.2 Å². The number of nitrogens with two attached hydrogens (primary N) is 1. The number of hydrogen-bond donors (Lipinski definition) is 2. The summed E-state index contributed by atoms with van der Waals surface area (Å²) in [5.74, 6) is 0. The highest BCUT2D eigenvalue weighted by molar-refractivity contribution is 9.11. The quantitative estimate of drug-likeness (QED) is 0.803. The third-order valence-electron chi connectivity index (χ3n) is 1.63. The van der Waals surface area contributed by atoms with Crippen LogP contribution in [0.4, 0.5) is 5.69 Å². The Hall–Kier alpha value is -0.110. The van der Waals surface area contributed by atoms with E-state index in [4.69, 9.17) is 5.73 Å². The van der Waals surface area contributed by atoms with Crippen LogP contribution < -0.4 is 10.5 Å². The van der Waals surface area contributed by atoms with Crippen molar-refractivity contribution >= 4 is 47.6 Å². The van der Waals surface area contributed by atoms with E-state index in [1.807, 2.05) is 0 Å². The van der Waals surface area contributed by atoms with E-state index in [9.17, 15) is 8.42 Å². The summed E-state index contributed by atoms with van der Waals surface area (Å²) in [5, 5.41) is 0. The molecule has 78 valence electrons. The summed E-state index contributed by atoms with van der Waals surface area (Å²) in [4.78, 5) is 0.160. The maximum atomic E-state index is 11.4. The normalized spacial score (nSPS) is 11.6. The van der Waals surface area contributed by atoms with E-state index < -0.39 is 10.0 Å². The number of rotatable bonds is 2. The van der Waals surface area contributed by atoms with Crippen LogP contribution in [0.5, 0.6) is 0 Å². The van der Waals surface area contributed by atoms with Crippen molar-refractivity contribution in [2.24, 2.45) is 0 Å². The fourth-order valence-electron chi connectivity index (χ4n) is 0.834. The second-order valence-electron chi connectivity index (χ2n) is 2.51. The third-order valence-corrected chi connectivity index (χ3v) is 4.34. The molecule has 3 N–H and O–H groups in total. The Kier molecular flexibility index (Phi) is 3.57. The highest BCUT2D eigenvalue weighted by atomic mass is 79.9. The molecule has 0 unspecified atom stereocenters. The van der Waals surface area contributed by atoms with Crippen molar-refractivity contribution in [2.45, 2.75) is 4.90 Å². The van der Waals surface area contributed by atoms with Crippen molar-refractivity contribution in [1.82, 2.24) is 4.72 Å². The smallest absolute Gasteiger partial charge is 0.240 e. The molecule has 1 aromatic carbocycles. The van der Waals surface area contributed by atoms with Gasteiger partial charge in [-0.3, -0.25) is 0 Å². The molecule has 4 nitrogen and oxygen atoms in total. The molecule has 0 radical (unpaired) electrons. The Morgan fingerprint density at radius 1 is 1.29 bits per heavy atom. The first-order chi connectivity index (χ1) is 6.38. The zero-order valence-corrected chi connectivity index (χ0v) is 11.2. The average molecular weight is 344 g/mol. The summed E-state index contributed by atoms with van der Waals surface area (Å²) < 4.78 is 26.2. The molecule has 0 bridgehead atoms. The van der Waals surface area contributed by atoms with Gasteiger partial charge in [0.05, 0.1) is 10.6 Å². The highest BCUT2D eigenvalue weighted by Gasteiger charge is 2.14. The minimum absolute atomic E-state index is 0.160. The molecule has 0 spiro atoms. The first-order valence-corrected chi connectivity index (χ1v) is 6.63. The molecule has 0 aliphatic rings. The van der Waals surface area contributed by atoms with Crippen LogP contribution in [0.15, 0.2) is 26.0 Å². The molecule has 0 amide bonds. The fraction of sp³-hybridized carbons (Fsp3) is 0.143. The van der Waals surface area contributed by atoms with E-state index in [1.54, 1.807) is 0 Å². The third kappa shape index (κ3) is 2.28. The van der Waals surface area contributed by atoms with Crippen molar-refractivity contribution in [2.75, 3.05) is 12.8 Å². The van der Waals surface area contributed by atoms with Crippen LogP contribution in [0.1, 0.15) is 0 Å². The molecular formula is C7H8Br2N2O2S. The number of nitrogen functional groups attached to an aromatic ring is 1. The van der Waals surface area contributed by atoms with Crippen LogP contribution in [0, 0.1) is 0 Å². The van der Waals surface area contributed by atoms with E-state index in [0.717, 1.165) is 0 Å². The molecule has 1 rings (SSSR count). The lowest BCUT2D eigenvalue weighted by Gasteiger charge is -2.06. The van der Waals surface area contributed by atoms with E-state index in [0.29, 0.717) is 14.6 Å². The summed E-state index contributed by atoms with van der Waals surface area (Å²) in [6, 6.07) is 2.90. The van der Waals surface area contributed by atoms with E-state index >= 15 is 0 Å². The molecule has 0 aliphatic carbocycles. The van der Waals surface area contributed by atoms with E-state index in [1.165, 1.54) is 19.2 Å². The predicted octanol–water partition coefficient (Wildman–Crippen LogP) is 1.70. The van der Waals surface area contributed by atoms with Crippen molar-refractivity contribution in [1.29, 1.82) is 0 Å². The second kappa shape index (κ2) is 4.18. The van der Waals surface area contributed by atoms with Crippen LogP contribution in [-0.2, 0) is 10.0 Å². The Balaban J connectivity index is 3.41. The van der Waals surface area contributed by atoms with E-state index in [-0.39, 0.29) is 4.90 Å². The second-order valence-corrected chi connectivity index (χ2v) is 6.10. The van der Waals surface area contributed by atoms with Gasteiger partial charge in [0.25, 0.3) is 0 Å². The van der Waals surface area contributed by atoms with E-state index in [2.05, 4.69) is 36.6 Å². The molecule has 0 saturated heterocycles. The van der Waals surface area contributed by atoms with Crippen molar-refractivity contribution in [3.8, 4) is 0 Å². The van der Waals surface area contributed by atoms with Gasteiger partial charge in [0.1, 0.15) is 0 Å². The lowest BCUT2D eigenvalue weighted by molar-refractivity contribution is 0.588. The van der Waals surface area contributed by atoms with Gasteiger partial charge in [-0.2, -0.15) is 0 Å². The number of nitrogens with one attached hydrogen (secondary N) is 1. The molecule has 0 fully saturated rings. The molecular weight excluding hydrogens is 336 g/mol.